The summed E-state index contributed by atoms with van der Waals surface area (Å²) in [5.74, 6) is 0.786. The minimum atomic E-state index is -0.438. The van der Waals surface area contributed by atoms with Gasteiger partial charge in [-0.05, 0) is 54.8 Å². The molecule has 1 aliphatic heterocycles. The first-order valence-electron chi connectivity index (χ1n) is 11.8. The number of benzene rings is 3. The van der Waals surface area contributed by atoms with Crippen LogP contribution in [0.1, 0.15) is 35.2 Å². The number of allylic oxidation sites excluding steroid dienone is 1. The quantitative estimate of drug-likeness (QED) is 0.334. The Morgan fingerprint density at radius 2 is 1.83 bits per heavy atom. The Hall–Kier alpha value is -4.83. The fraction of sp³-hybridized carbons (Fsp3) is 0.138. The van der Waals surface area contributed by atoms with Crippen LogP contribution < -0.4 is 16.0 Å². The second-order valence-corrected chi connectivity index (χ2v) is 8.97. The number of ether oxygens (including phenoxy) is 1. The molecule has 0 bridgehead atoms. The Morgan fingerprint density at radius 1 is 1.08 bits per heavy atom. The first-order valence-corrected chi connectivity index (χ1v) is 11.8. The molecule has 36 heavy (non-hydrogen) atoms. The molecule has 4 N–H and O–H groups in total. The lowest BCUT2D eigenvalue weighted by atomic mass is 9.80. The van der Waals surface area contributed by atoms with Gasteiger partial charge in [-0.1, -0.05) is 37.3 Å². The molecule has 0 fully saturated rings. The molecule has 0 aliphatic carbocycles. The van der Waals surface area contributed by atoms with Crippen LogP contribution in [-0.2, 0) is 6.42 Å². The number of nitriles is 1. The molecule has 1 atom stereocenters. The van der Waals surface area contributed by atoms with Crippen molar-refractivity contribution in [2.45, 2.75) is 26.2 Å². The predicted molar refractivity (Wildman–Crippen MR) is 140 cm³/mol. The number of aromatic amines is 2. The monoisotopic (exact) mass is 473 g/mol. The molecule has 0 saturated carbocycles. The number of nitrogens with one attached hydrogen (secondary N) is 2. The van der Waals surface area contributed by atoms with Crippen LogP contribution in [0, 0.1) is 18.3 Å². The van der Waals surface area contributed by atoms with Gasteiger partial charge in [0.1, 0.15) is 23.2 Å². The van der Waals surface area contributed by atoms with Crippen molar-refractivity contribution in [3.8, 4) is 23.2 Å². The highest BCUT2D eigenvalue weighted by atomic mass is 16.5. The lowest BCUT2D eigenvalue weighted by Gasteiger charge is -2.29. The van der Waals surface area contributed by atoms with Crippen LogP contribution in [0.25, 0.3) is 33.2 Å². The van der Waals surface area contributed by atoms with Gasteiger partial charge in [0, 0.05) is 27.7 Å². The number of nitrogens with two attached hydrogens (primary N) is 1. The molecule has 7 heteroatoms. The zero-order chi connectivity index (χ0) is 25.0. The average molecular weight is 474 g/mol. The summed E-state index contributed by atoms with van der Waals surface area (Å²) in [7, 11) is 0. The van der Waals surface area contributed by atoms with Crippen LogP contribution in [0.4, 0.5) is 0 Å². The number of nitrogens with zero attached hydrogens (tertiary/aromatic N) is 2. The number of para-hydroxylation sites is 2. The number of hydrogen-bond donors (Lipinski definition) is 3. The largest absolute Gasteiger partial charge is 0.440 e. The molecular weight excluding hydrogens is 450 g/mol. The summed E-state index contributed by atoms with van der Waals surface area (Å²) < 4.78 is 6.05. The van der Waals surface area contributed by atoms with E-state index >= 15 is 0 Å². The van der Waals surface area contributed by atoms with Crippen molar-refractivity contribution < 1.29 is 4.74 Å². The van der Waals surface area contributed by atoms with Gasteiger partial charge in [0.25, 0.3) is 5.56 Å². The maximum absolute atomic E-state index is 12.8. The van der Waals surface area contributed by atoms with E-state index in [-0.39, 0.29) is 11.4 Å². The van der Waals surface area contributed by atoms with E-state index in [2.05, 4.69) is 16.0 Å². The van der Waals surface area contributed by atoms with Crippen LogP contribution in [0.15, 0.2) is 76.9 Å². The fourth-order valence-electron chi connectivity index (χ4n) is 5.23. The van der Waals surface area contributed by atoms with Gasteiger partial charge in [-0.15, -0.1) is 0 Å². The Balaban J connectivity index is 1.65. The zero-order valence-corrected chi connectivity index (χ0v) is 19.8. The van der Waals surface area contributed by atoms with Gasteiger partial charge in [0.05, 0.1) is 16.8 Å². The normalized spacial score (nSPS) is 15.1. The van der Waals surface area contributed by atoms with Crippen molar-refractivity contribution >= 4 is 21.8 Å². The van der Waals surface area contributed by atoms with Gasteiger partial charge >= 0.3 is 0 Å². The minimum absolute atomic E-state index is 0.111. The van der Waals surface area contributed by atoms with Gasteiger partial charge in [0.2, 0.25) is 5.88 Å². The zero-order valence-electron chi connectivity index (χ0n) is 19.8. The van der Waals surface area contributed by atoms with E-state index in [1.807, 2.05) is 68.4 Å². The number of H-pyrrole nitrogens is 2. The molecular formula is C29H23N5O2. The Labute approximate surface area is 206 Å². The summed E-state index contributed by atoms with van der Waals surface area (Å²) in [5, 5.41) is 11.7. The number of aryl methyl sites for hydroxylation is 2. The van der Waals surface area contributed by atoms with E-state index < -0.39 is 5.92 Å². The highest BCUT2D eigenvalue weighted by Crippen LogP contribution is 2.48. The topological polar surface area (TPSA) is 121 Å². The second kappa shape index (κ2) is 8.14. The van der Waals surface area contributed by atoms with Crippen LogP contribution >= 0.6 is 0 Å². The molecule has 7 nitrogen and oxygen atoms in total. The fourth-order valence-corrected chi connectivity index (χ4v) is 5.23. The van der Waals surface area contributed by atoms with Gasteiger partial charge in [0.15, 0.2) is 0 Å². The number of fused-ring (bicyclic) bond motifs is 3. The van der Waals surface area contributed by atoms with Crippen LogP contribution in [0.3, 0.4) is 0 Å². The van der Waals surface area contributed by atoms with Crippen LogP contribution in [0.2, 0.25) is 0 Å². The molecule has 0 saturated heterocycles. The lowest BCUT2D eigenvalue weighted by molar-refractivity contribution is 0.389. The summed E-state index contributed by atoms with van der Waals surface area (Å²) in [6, 6.07) is 21.5. The smallest absolute Gasteiger partial charge is 0.259 e. The third kappa shape index (κ3) is 3.19. The van der Waals surface area contributed by atoms with Crippen molar-refractivity contribution in [1.82, 2.24) is 15.0 Å². The summed E-state index contributed by atoms with van der Waals surface area (Å²) >= 11 is 0. The molecule has 0 spiro atoms. The maximum Gasteiger partial charge on any atom is 0.259 e. The van der Waals surface area contributed by atoms with Crippen LogP contribution in [-0.4, -0.2) is 15.0 Å². The molecule has 1 aliphatic rings. The lowest BCUT2D eigenvalue weighted by Crippen LogP contribution is -2.22. The van der Waals surface area contributed by atoms with Crippen molar-refractivity contribution in [2.75, 3.05) is 0 Å². The Kier molecular flexibility index (Phi) is 4.90. The molecule has 0 radical (unpaired) electrons. The maximum atomic E-state index is 12.8. The predicted octanol–water partition coefficient (Wildman–Crippen LogP) is 5.16. The third-order valence-electron chi connectivity index (χ3n) is 6.89. The average Bonchev–Trinajstić information content (AvgIpc) is 3.22. The van der Waals surface area contributed by atoms with E-state index in [0.717, 1.165) is 38.9 Å². The van der Waals surface area contributed by atoms with E-state index in [0.29, 0.717) is 34.5 Å². The van der Waals surface area contributed by atoms with Crippen molar-refractivity contribution in [1.29, 1.82) is 5.26 Å². The Bertz CT molecular complexity index is 1820. The molecule has 5 aromatic rings. The van der Waals surface area contributed by atoms with Crippen molar-refractivity contribution in [2.24, 2.45) is 5.73 Å². The van der Waals surface area contributed by atoms with Crippen LogP contribution in [0.5, 0.6) is 5.75 Å². The molecule has 6 rings (SSSR count). The van der Waals surface area contributed by atoms with E-state index in [4.69, 9.17) is 15.5 Å². The number of aromatic nitrogens is 3. The SMILES string of the molecule is CCc1cc(-c2nc3ccccc3c(=O)[nH]2)cc2c1OC(N)=C(C#N)C2c1c(C)[nH]c2ccccc12. The first kappa shape index (κ1) is 21.7. The standard InChI is InChI=1S/C29H23N5O2/c1-3-16-12-17(28-33-23-11-7-5-9-19(23)29(35)34-28)13-20-25(21(14-30)27(31)36-26(16)20)24-15(2)32-22-10-6-4-8-18(22)24/h4-13,25,32H,3,31H2,1-2H3,(H,33,34,35). The first-order chi connectivity index (χ1) is 17.5. The minimum Gasteiger partial charge on any atom is -0.440 e. The third-order valence-corrected chi connectivity index (χ3v) is 6.89. The highest BCUT2D eigenvalue weighted by Gasteiger charge is 2.35. The van der Waals surface area contributed by atoms with E-state index in [1.54, 1.807) is 6.07 Å². The van der Waals surface area contributed by atoms with Gasteiger partial charge < -0.3 is 20.4 Å². The summed E-state index contributed by atoms with van der Waals surface area (Å²) in [6.07, 6.45) is 0.669. The Morgan fingerprint density at radius 3 is 2.61 bits per heavy atom. The van der Waals surface area contributed by atoms with E-state index in [1.165, 1.54) is 0 Å². The van der Waals surface area contributed by atoms with Crippen molar-refractivity contribution in [3.05, 3.63) is 105 Å². The summed E-state index contributed by atoms with van der Waals surface area (Å²) in [4.78, 5) is 23.9. The molecule has 176 valence electrons. The van der Waals surface area contributed by atoms with Gasteiger partial charge in [-0.2, -0.15) is 5.26 Å². The molecule has 2 aromatic heterocycles. The molecule has 0 amide bonds. The van der Waals surface area contributed by atoms with Gasteiger partial charge in [-0.25, -0.2) is 4.98 Å². The highest BCUT2D eigenvalue weighted by molar-refractivity contribution is 5.87. The molecule has 1 unspecified atom stereocenters. The number of hydrogen-bond acceptors (Lipinski definition) is 5. The van der Waals surface area contributed by atoms with Crippen molar-refractivity contribution in [3.63, 3.8) is 0 Å². The number of rotatable bonds is 3. The van der Waals surface area contributed by atoms with E-state index in [9.17, 15) is 10.1 Å². The summed E-state index contributed by atoms with van der Waals surface area (Å²) in [5.41, 5.74) is 12.5. The molecule has 3 aromatic carbocycles. The second-order valence-electron chi connectivity index (χ2n) is 8.97. The van der Waals surface area contributed by atoms with Gasteiger partial charge in [-0.3, -0.25) is 4.79 Å². The summed E-state index contributed by atoms with van der Waals surface area (Å²) in [6.45, 7) is 4.04. The molecule has 3 heterocycles.